The highest BCUT2D eigenvalue weighted by Gasteiger charge is 2.15. The minimum Gasteiger partial charge on any atom is -0.490 e. The normalized spacial score (nSPS) is 17.2. The first-order valence-electron chi connectivity index (χ1n) is 11.3. The molecule has 1 amide bonds. The van der Waals surface area contributed by atoms with Gasteiger partial charge in [0.2, 0.25) is 5.91 Å². The van der Waals surface area contributed by atoms with Crippen LogP contribution in [-0.4, -0.2) is 42.0 Å². The zero-order valence-electron chi connectivity index (χ0n) is 20.8. The van der Waals surface area contributed by atoms with Gasteiger partial charge in [0.05, 0.1) is 9.68 Å². The lowest BCUT2D eigenvalue weighted by Gasteiger charge is -2.17. The summed E-state index contributed by atoms with van der Waals surface area (Å²) in [6.07, 6.45) is -1.77. The van der Waals surface area contributed by atoms with Crippen molar-refractivity contribution in [2.75, 3.05) is 18.4 Å². The number of hydrogen-bond donors (Lipinski definition) is 3. The van der Waals surface area contributed by atoms with Crippen molar-refractivity contribution in [1.82, 2.24) is 5.32 Å². The standard InChI is InChI=1S/C20H32N2O4/c1-5-7-18(24)17-11-15(22-20(25)8-6-2)9-10-19(17)26-13-16(23)12-21-14(3)4/h9-11,14,16,21,23H,5-8,12-13H2,1-4H3,(H,22,25)/i12D2,13D2,16D. The lowest BCUT2D eigenvalue weighted by atomic mass is 10.0. The molecule has 1 aromatic rings. The van der Waals surface area contributed by atoms with Gasteiger partial charge in [-0.25, -0.2) is 0 Å². The Morgan fingerprint density at radius 2 is 1.96 bits per heavy atom. The highest BCUT2D eigenvalue weighted by molar-refractivity contribution is 6.00. The van der Waals surface area contributed by atoms with E-state index < -0.39 is 25.2 Å². The number of carbonyl (C=O) groups excluding carboxylic acids is 2. The largest absolute Gasteiger partial charge is 0.490 e. The molecule has 3 N–H and O–H groups in total. The Morgan fingerprint density at radius 3 is 2.58 bits per heavy atom. The average Bonchev–Trinajstić information content (AvgIpc) is 2.61. The van der Waals surface area contributed by atoms with Crippen LogP contribution < -0.4 is 15.4 Å². The summed E-state index contributed by atoms with van der Waals surface area (Å²) in [6.45, 7) is 0.705. The molecular formula is C20H32N2O4. The Labute approximate surface area is 163 Å². The van der Waals surface area contributed by atoms with Crippen LogP contribution in [0.4, 0.5) is 5.69 Å². The molecular weight excluding hydrogens is 332 g/mol. The fourth-order valence-corrected chi connectivity index (χ4v) is 2.07. The molecule has 1 unspecified atom stereocenters. The molecule has 0 saturated heterocycles. The molecule has 0 aliphatic heterocycles. The summed E-state index contributed by atoms with van der Waals surface area (Å²) in [6, 6.07) is 3.52. The van der Waals surface area contributed by atoms with E-state index in [2.05, 4.69) is 10.6 Å². The van der Waals surface area contributed by atoms with E-state index in [0.29, 0.717) is 24.9 Å². The average molecular weight is 370 g/mol. The summed E-state index contributed by atoms with van der Waals surface area (Å²) in [4.78, 5) is 24.5. The third-order valence-electron chi connectivity index (χ3n) is 3.25. The molecule has 6 nitrogen and oxygen atoms in total. The van der Waals surface area contributed by atoms with Crippen molar-refractivity contribution < 1.29 is 26.3 Å². The molecule has 26 heavy (non-hydrogen) atoms. The van der Waals surface area contributed by atoms with Gasteiger partial charge in [-0.1, -0.05) is 27.7 Å². The number of ketones is 1. The molecule has 0 aliphatic rings. The molecule has 0 spiro atoms. The van der Waals surface area contributed by atoms with Gasteiger partial charge in [0.25, 0.3) is 0 Å². The monoisotopic (exact) mass is 369 g/mol. The van der Waals surface area contributed by atoms with Crippen molar-refractivity contribution in [3.63, 3.8) is 0 Å². The first-order chi connectivity index (χ1) is 14.2. The predicted molar refractivity (Wildman–Crippen MR) is 104 cm³/mol. The lowest BCUT2D eigenvalue weighted by molar-refractivity contribution is -0.116. The summed E-state index contributed by atoms with van der Waals surface area (Å²) < 4.78 is 45.2. The zero-order valence-corrected chi connectivity index (χ0v) is 15.8. The van der Waals surface area contributed by atoms with E-state index in [-0.39, 0.29) is 29.4 Å². The van der Waals surface area contributed by atoms with Crippen LogP contribution >= 0.6 is 0 Å². The van der Waals surface area contributed by atoms with Crippen molar-refractivity contribution in [2.24, 2.45) is 0 Å². The van der Waals surface area contributed by atoms with Gasteiger partial charge in [-0.2, -0.15) is 0 Å². The molecule has 0 radical (unpaired) electrons. The second-order valence-electron chi connectivity index (χ2n) is 6.16. The van der Waals surface area contributed by atoms with Gasteiger partial charge in [-0.05, 0) is 31.0 Å². The number of aliphatic hydroxyl groups is 1. The zero-order chi connectivity index (χ0) is 24.0. The molecule has 146 valence electrons. The van der Waals surface area contributed by atoms with Crippen LogP contribution in [0.5, 0.6) is 5.75 Å². The molecule has 1 rings (SSSR count). The predicted octanol–water partition coefficient (Wildman–Crippen LogP) is 3.15. The van der Waals surface area contributed by atoms with Gasteiger partial charge in [0, 0.05) is 33.8 Å². The maximum atomic E-state index is 12.6. The quantitative estimate of drug-likeness (QED) is 0.493. The number of ether oxygens (including phenoxy) is 1. The number of benzene rings is 1. The third kappa shape index (κ3) is 7.97. The number of nitrogens with one attached hydrogen (secondary N) is 2. The summed E-state index contributed by atoms with van der Waals surface area (Å²) in [7, 11) is 0. The van der Waals surface area contributed by atoms with E-state index in [1.807, 2.05) is 6.92 Å². The first kappa shape index (κ1) is 15.2. The van der Waals surface area contributed by atoms with Crippen LogP contribution in [0.15, 0.2) is 18.2 Å². The number of hydrogen-bond acceptors (Lipinski definition) is 5. The van der Waals surface area contributed by atoms with E-state index >= 15 is 0 Å². The van der Waals surface area contributed by atoms with Gasteiger partial charge in [-0.3, -0.25) is 9.59 Å². The van der Waals surface area contributed by atoms with Crippen molar-refractivity contribution in [2.45, 2.75) is 65.5 Å². The fourth-order valence-electron chi connectivity index (χ4n) is 2.07. The van der Waals surface area contributed by atoms with Crippen molar-refractivity contribution in [3.8, 4) is 5.75 Å². The molecule has 0 aromatic heterocycles. The third-order valence-corrected chi connectivity index (χ3v) is 3.25. The first-order valence-corrected chi connectivity index (χ1v) is 8.84. The number of amides is 1. The van der Waals surface area contributed by atoms with E-state index in [1.165, 1.54) is 18.2 Å². The van der Waals surface area contributed by atoms with Crippen molar-refractivity contribution in [3.05, 3.63) is 23.8 Å². The van der Waals surface area contributed by atoms with Gasteiger partial charge in [-0.15, -0.1) is 0 Å². The molecule has 0 heterocycles. The van der Waals surface area contributed by atoms with Crippen LogP contribution in [0.25, 0.3) is 0 Å². The van der Waals surface area contributed by atoms with Crippen LogP contribution in [0.1, 0.15) is 70.6 Å². The van der Waals surface area contributed by atoms with Crippen LogP contribution in [0.3, 0.4) is 0 Å². The Kier molecular flexibility index (Phi) is 6.80. The molecule has 0 saturated carbocycles. The van der Waals surface area contributed by atoms with Gasteiger partial charge in [0.1, 0.15) is 18.4 Å². The van der Waals surface area contributed by atoms with E-state index in [0.717, 1.165) is 0 Å². The lowest BCUT2D eigenvalue weighted by Crippen LogP contribution is -2.35. The summed E-state index contributed by atoms with van der Waals surface area (Å²) in [5.41, 5.74) is 0.289. The second-order valence-corrected chi connectivity index (χ2v) is 6.16. The molecule has 6 heteroatoms. The van der Waals surface area contributed by atoms with Crippen LogP contribution in [0.2, 0.25) is 0 Å². The SMILES string of the molecule is [2H]C([2H])(NC(C)C)C([2H])(O)C([2H])([2H])Oc1ccc(NC(=O)CCC)cc1C(=O)CCC. The second kappa shape index (κ2) is 11.6. The van der Waals surface area contributed by atoms with E-state index in [4.69, 9.17) is 11.6 Å². The highest BCUT2D eigenvalue weighted by Crippen LogP contribution is 2.25. The van der Waals surface area contributed by atoms with E-state index in [1.54, 1.807) is 20.8 Å². The fraction of sp³-hybridized carbons (Fsp3) is 0.600. The van der Waals surface area contributed by atoms with Gasteiger partial charge >= 0.3 is 0 Å². The molecule has 0 bridgehead atoms. The number of carbonyl (C=O) groups is 2. The maximum absolute atomic E-state index is 12.6. The van der Waals surface area contributed by atoms with Crippen molar-refractivity contribution >= 4 is 17.4 Å². The molecule has 0 fully saturated rings. The molecule has 1 aromatic carbocycles. The summed E-state index contributed by atoms with van der Waals surface area (Å²) >= 11 is 0. The van der Waals surface area contributed by atoms with Crippen LogP contribution in [-0.2, 0) is 4.79 Å². The summed E-state index contributed by atoms with van der Waals surface area (Å²) in [5.74, 6) is -0.881. The summed E-state index contributed by atoms with van der Waals surface area (Å²) in [5, 5.41) is 15.4. The van der Waals surface area contributed by atoms with E-state index in [9.17, 15) is 14.7 Å². The molecule has 0 aliphatic carbocycles. The Bertz CT molecular complexity index is 785. The van der Waals surface area contributed by atoms with Crippen molar-refractivity contribution in [1.29, 1.82) is 0 Å². The number of Topliss-reactive ketones (excluding diaryl/α,β-unsaturated/α-hetero) is 1. The maximum Gasteiger partial charge on any atom is 0.224 e. The number of rotatable bonds is 12. The topological polar surface area (TPSA) is 87.7 Å². The highest BCUT2D eigenvalue weighted by atomic mass is 16.5. The van der Waals surface area contributed by atoms with Gasteiger partial charge < -0.3 is 20.5 Å². The smallest absolute Gasteiger partial charge is 0.224 e. The minimum atomic E-state index is -3.36. The van der Waals surface area contributed by atoms with Crippen LogP contribution in [0, 0.1) is 0 Å². The number of anilines is 1. The van der Waals surface area contributed by atoms with Gasteiger partial charge in [0.15, 0.2) is 5.78 Å². The Hall–Kier alpha value is -1.92. The Morgan fingerprint density at radius 1 is 1.27 bits per heavy atom. The minimum absolute atomic E-state index is 0.0341. The molecule has 1 atom stereocenters. The Balaban J connectivity index is 3.32.